The van der Waals surface area contributed by atoms with Gasteiger partial charge in [-0.3, -0.25) is 19.6 Å². The minimum absolute atomic E-state index is 0. The number of rotatable bonds is 12. The average molecular weight is 655 g/mol. The Balaban J connectivity index is 0.00000560. The molecular formula is C24H34FeN4O8P3-2. The minimum atomic E-state index is -4.90. The van der Waals surface area contributed by atoms with Crippen LogP contribution in [0.4, 0.5) is 0 Å². The van der Waals surface area contributed by atoms with Crippen molar-refractivity contribution >= 4 is 22.6 Å². The molecule has 1 aliphatic heterocycles. The van der Waals surface area contributed by atoms with E-state index in [0.29, 0.717) is 13.1 Å². The SMILES string of the molecule is O=P([O-])([O-])CN1CCN(CP(=O)([O-])[O-])CCN(CP(=O)([O-])CN(Cc2ccccc2)Cc2ccccc2)CC1.[Fe+3]. The van der Waals surface area contributed by atoms with E-state index in [1.54, 1.807) is 4.90 Å². The Morgan fingerprint density at radius 1 is 0.575 bits per heavy atom. The van der Waals surface area contributed by atoms with Crippen LogP contribution in [0.25, 0.3) is 0 Å². The zero-order chi connectivity index (χ0) is 28.5. The normalized spacial score (nSPS) is 18.4. The molecule has 1 aliphatic rings. The minimum Gasteiger partial charge on any atom is -0.810 e. The van der Waals surface area contributed by atoms with Crippen LogP contribution in [0.2, 0.25) is 0 Å². The van der Waals surface area contributed by atoms with Crippen LogP contribution < -0.4 is 24.5 Å². The second kappa shape index (κ2) is 16.2. The maximum Gasteiger partial charge on any atom is 3.00 e. The van der Waals surface area contributed by atoms with Gasteiger partial charge in [-0.15, -0.1) is 0 Å². The van der Waals surface area contributed by atoms with E-state index in [4.69, 9.17) is 0 Å². The summed E-state index contributed by atoms with van der Waals surface area (Å²) in [6.45, 7) is 1.45. The van der Waals surface area contributed by atoms with Crippen LogP contribution in [-0.2, 0) is 43.9 Å². The zero-order valence-corrected chi connectivity index (χ0v) is 25.8. The molecule has 40 heavy (non-hydrogen) atoms. The predicted octanol–water partition coefficient (Wildman–Crippen LogP) is -1.10. The molecule has 1 unspecified atom stereocenters. The van der Waals surface area contributed by atoms with Gasteiger partial charge in [0, 0.05) is 84.9 Å². The van der Waals surface area contributed by atoms with Crippen LogP contribution in [0, 0.1) is 0 Å². The van der Waals surface area contributed by atoms with E-state index in [1.807, 2.05) is 65.6 Å². The van der Waals surface area contributed by atoms with Crippen molar-refractivity contribution in [3.8, 4) is 0 Å². The molecule has 0 saturated carbocycles. The first kappa shape index (κ1) is 35.5. The Hall–Kier alpha value is -0.711. The molecule has 0 amide bonds. The van der Waals surface area contributed by atoms with Crippen LogP contribution in [0.5, 0.6) is 0 Å². The Labute approximate surface area is 246 Å². The van der Waals surface area contributed by atoms with Crippen molar-refractivity contribution in [3.05, 3.63) is 71.8 Å². The zero-order valence-electron chi connectivity index (χ0n) is 22.0. The first-order valence-corrected chi connectivity index (χ1v) is 18.0. The molecule has 12 nitrogen and oxygen atoms in total. The molecule has 3 rings (SSSR count). The fourth-order valence-corrected chi connectivity index (χ4v) is 7.93. The van der Waals surface area contributed by atoms with Gasteiger partial charge in [0.25, 0.3) is 0 Å². The smallest absolute Gasteiger partial charge is 0.810 e. The number of benzene rings is 2. The van der Waals surface area contributed by atoms with Crippen LogP contribution in [0.15, 0.2) is 60.7 Å². The molecule has 0 aromatic heterocycles. The van der Waals surface area contributed by atoms with Crippen molar-refractivity contribution in [1.29, 1.82) is 0 Å². The monoisotopic (exact) mass is 655 g/mol. The first-order valence-electron chi connectivity index (χ1n) is 12.5. The Kier molecular flexibility index (Phi) is 14.4. The van der Waals surface area contributed by atoms with Crippen molar-refractivity contribution < 1.29 is 55.2 Å². The van der Waals surface area contributed by atoms with Crippen LogP contribution in [0.1, 0.15) is 11.1 Å². The summed E-state index contributed by atoms with van der Waals surface area (Å²) >= 11 is 0. The van der Waals surface area contributed by atoms with E-state index in [0.717, 1.165) is 11.1 Å². The molecule has 1 fully saturated rings. The molecule has 1 atom stereocenters. The van der Waals surface area contributed by atoms with Gasteiger partial charge in [0.05, 0.1) is 0 Å². The van der Waals surface area contributed by atoms with E-state index in [1.165, 1.54) is 9.80 Å². The standard InChI is InChI=1S/C24H39N4O8P3.Fe/c29-37(30,20-28(17-23-7-3-1-4-8-23)18-24-9-5-2-6-10-24)19-25-11-13-26(21-38(31,32)33)15-16-27(14-12-25)22-39(34,35)36;/h1-10H,11-22H2,(H,29,30)(H2,31,32,33)(H2,34,35,36);/q;+3/p-5. The van der Waals surface area contributed by atoms with Crippen molar-refractivity contribution in [2.75, 3.05) is 64.4 Å². The van der Waals surface area contributed by atoms with E-state index >= 15 is 0 Å². The summed E-state index contributed by atoms with van der Waals surface area (Å²) < 4.78 is 36.2. The van der Waals surface area contributed by atoms with Crippen molar-refractivity contribution in [1.82, 2.24) is 19.6 Å². The molecule has 1 saturated heterocycles. The van der Waals surface area contributed by atoms with Crippen LogP contribution >= 0.6 is 22.6 Å². The number of hydrogen-bond acceptors (Lipinski definition) is 12. The summed E-state index contributed by atoms with van der Waals surface area (Å²) in [5.41, 5.74) is 1.92. The third-order valence-corrected chi connectivity index (χ3v) is 9.43. The number of hydrogen-bond donors (Lipinski definition) is 0. The Morgan fingerprint density at radius 2 is 0.900 bits per heavy atom. The van der Waals surface area contributed by atoms with Gasteiger partial charge in [0.15, 0.2) is 0 Å². The summed E-state index contributed by atoms with van der Waals surface area (Å²) in [5.74, 6) is 0. The fraction of sp³-hybridized carbons (Fsp3) is 0.500. The van der Waals surface area contributed by atoms with Gasteiger partial charge in [-0.25, -0.2) is 0 Å². The fourth-order valence-electron chi connectivity index (χ4n) is 4.59. The van der Waals surface area contributed by atoms with E-state index in [2.05, 4.69) is 0 Å². The van der Waals surface area contributed by atoms with Crippen molar-refractivity contribution in [2.24, 2.45) is 0 Å². The molecule has 2 aromatic rings. The predicted molar refractivity (Wildman–Crippen MR) is 139 cm³/mol. The van der Waals surface area contributed by atoms with Gasteiger partial charge < -0.3 is 38.2 Å². The van der Waals surface area contributed by atoms with E-state index in [9.17, 15) is 38.2 Å². The first-order chi connectivity index (χ1) is 18.3. The Bertz CT molecular complexity index is 1090. The topological polar surface area (TPSA) is 179 Å². The third-order valence-electron chi connectivity index (χ3n) is 6.27. The van der Waals surface area contributed by atoms with Gasteiger partial charge in [0.2, 0.25) is 0 Å². The molecule has 223 valence electrons. The van der Waals surface area contributed by atoms with Crippen molar-refractivity contribution in [3.63, 3.8) is 0 Å². The summed E-state index contributed by atoms with van der Waals surface area (Å²) in [5, 5.41) is 0. The van der Waals surface area contributed by atoms with Crippen molar-refractivity contribution in [2.45, 2.75) is 13.1 Å². The molecule has 16 heteroatoms. The van der Waals surface area contributed by atoms with E-state index in [-0.39, 0.29) is 68.9 Å². The maximum atomic E-state index is 13.4. The number of nitrogens with zero attached hydrogens (tertiary/aromatic N) is 4. The summed E-state index contributed by atoms with van der Waals surface area (Å²) in [4.78, 5) is 65.1. The Morgan fingerprint density at radius 3 is 1.23 bits per heavy atom. The quantitative estimate of drug-likeness (QED) is 0.199. The summed E-state index contributed by atoms with van der Waals surface area (Å²) in [7, 11) is -13.9. The molecule has 0 spiro atoms. The second-order valence-electron chi connectivity index (χ2n) is 9.91. The maximum absolute atomic E-state index is 13.4. The van der Waals surface area contributed by atoms with Gasteiger partial charge in [-0.05, 0) is 11.1 Å². The molecule has 0 N–H and O–H groups in total. The van der Waals surface area contributed by atoms with E-state index < -0.39 is 35.1 Å². The molecule has 0 bridgehead atoms. The third kappa shape index (κ3) is 14.5. The van der Waals surface area contributed by atoms with Gasteiger partial charge in [-0.2, -0.15) is 0 Å². The average Bonchev–Trinajstić information content (AvgIpc) is 2.90. The van der Waals surface area contributed by atoms with Gasteiger partial charge in [-0.1, -0.05) is 75.9 Å². The molecule has 1 radical (unpaired) electrons. The van der Waals surface area contributed by atoms with Crippen LogP contribution in [-0.4, -0.2) is 84.0 Å². The van der Waals surface area contributed by atoms with Gasteiger partial charge in [0.1, 0.15) is 0 Å². The molecule has 2 aromatic carbocycles. The summed E-state index contributed by atoms with van der Waals surface area (Å²) in [6, 6.07) is 19.0. The molecular weight excluding hydrogens is 621 g/mol. The second-order valence-corrected chi connectivity index (χ2v) is 15.1. The molecule has 1 heterocycles. The largest absolute Gasteiger partial charge is 3.00 e. The molecule has 0 aliphatic carbocycles. The van der Waals surface area contributed by atoms with Gasteiger partial charge >= 0.3 is 17.1 Å². The van der Waals surface area contributed by atoms with Crippen LogP contribution in [0.3, 0.4) is 0 Å². The summed E-state index contributed by atoms with van der Waals surface area (Å²) in [6.07, 6.45) is -2.07.